The summed E-state index contributed by atoms with van der Waals surface area (Å²) in [6.45, 7) is 7.49. The van der Waals surface area contributed by atoms with E-state index < -0.39 is 11.4 Å². The second kappa shape index (κ2) is 7.64. The number of ether oxygens (including phenoxy) is 1. The Labute approximate surface area is 183 Å². The number of carboxylic acid groups (broad SMARTS) is 1. The standard InChI is InChI=1S/C24H33N3O4/c1-6-24(12-11-23(2,3)27(24)14-25-4)18-10-9-16-19(21(18)31-5)26(15-7-8-15)13-17(20(16)28)22(29)30/h9-10,13,15,25H,6-8,11-12,14H2,1-5H3,(H,29,30). The molecule has 1 aliphatic carbocycles. The molecule has 4 rings (SSSR count). The summed E-state index contributed by atoms with van der Waals surface area (Å²) in [5.74, 6) is -0.494. The molecule has 2 heterocycles. The van der Waals surface area contributed by atoms with Crippen molar-refractivity contribution >= 4 is 16.9 Å². The number of likely N-dealkylation sites (tertiary alicyclic amines) is 1. The lowest BCUT2D eigenvalue weighted by Crippen LogP contribution is -2.52. The zero-order valence-electron chi connectivity index (χ0n) is 19.1. The van der Waals surface area contributed by atoms with Crippen molar-refractivity contribution < 1.29 is 14.6 Å². The summed E-state index contributed by atoms with van der Waals surface area (Å²) < 4.78 is 7.98. The lowest BCUT2D eigenvalue weighted by molar-refractivity contribution is 0.0417. The van der Waals surface area contributed by atoms with Gasteiger partial charge in [-0.25, -0.2) is 4.79 Å². The topological polar surface area (TPSA) is 83.8 Å². The molecule has 2 aromatic rings. The molecule has 31 heavy (non-hydrogen) atoms. The van der Waals surface area contributed by atoms with Crippen molar-refractivity contribution in [3.63, 3.8) is 0 Å². The summed E-state index contributed by atoms with van der Waals surface area (Å²) in [5.41, 5.74) is 0.943. The van der Waals surface area contributed by atoms with Gasteiger partial charge in [-0.15, -0.1) is 0 Å². The van der Waals surface area contributed by atoms with Gasteiger partial charge in [0, 0.05) is 30.0 Å². The highest BCUT2D eigenvalue weighted by Crippen LogP contribution is 2.53. The van der Waals surface area contributed by atoms with Crippen LogP contribution in [0.2, 0.25) is 0 Å². The molecular formula is C24H33N3O4. The van der Waals surface area contributed by atoms with Gasteiger partial charge in [-0.1, -0.05) is 13.0 Å². The number of aromatic nitrogens is 1. The monoisotopic (exact) mass is 427 g/mol. The predicted octanol–water partition coefficient (Wildman–Crippen LogP) is 3.70. The molecule has 1 aliphatic heterocycles. The van der Waals surface area contributed by atoms with Crippen LogP contribution in [-0.4, -0.2) is 46.9 Å². The first kappa shape index (κ1) is 21.8. The van der Waals surface area contributed by atoms with Crippen molar-refractivity contribution in [1.82, 2.24) is 14.8 Å². The fourth-order valence-electron chi connectivity index (χ4n) is 5.51. The number of methoxy groups -OCH3 is 1. The molecule has 2 fully saturated rings. The van der Waals surface area contributed by atoms with Gasteiger partial charge in [0.1, 0.15) is 11.3 Å². The van der Waals surface area contributed by atoms with E-state index in [0.717, 1.165) is 49.9 Å². The molecule has 1 unspecified atom stereocenters. The third-order valence-electron chi connectivity index (χ3n) is 7.32. The Morgan fingerprint density at radius 2 is 2.00 bits per heavy atom. The van der Waals surface area contributed by atoms with Crippen LogP contribution < -0.4 is 15.5 Å². The highest BCUT2D eigenvalue weighted by molar-refractivity contribution is 5.95. The number of hydrogen-bond donors (Lipinski definition) is 2. The normalized spacial score (nSPS) is 23.4. The number of nitrogens with one attached hydrogen (secondary N) is 1. The van der Waals surface area contributed by atoms with Crippen molar-refractivity contribution in [3.05, 3.63) is 39.7 Å². The fraction of sp³-hybridized carbons (Fsp3) is 0.583. The Kier molecular flexibility index (Phi) is 5.38. The van der Waals surface area contributed by atoms with Crippen LogP contribution in [0.1, 0.15) is 74.8 Å². The third-order valence-corrected chi connectivity index (χ3v) is 7.32. The lowest BCUT2D eigenvalue weighted by atomic mass is 9.83. The van der Waals surface area contributed by atoms with Crippen molar-refractivity contribution in [2.75, 3.05) is 20.8 Å². The van der Waals surface area contributed by atoms with E-state index in [4.69, 9.17) is 4.74 Å². The third kappa shape index (κ3) is 3.26. The van der Waals surface area contributed by atoms with E-state index in [1.54, 1.807) is 13.2 Å². The van der Waals surface area contributed by atoms with Crippen LogP contribution in [-0.2, 0) is 5.54 Å². The summed E-state index contributed by atoms with van der Waals surface area (Å²) in [6, 6.07) is 4.00. The van der Waals surface area contributed by atoms with Gasteiger partial charge in [0.2, 0.25) is 5.43 Å². The number of carboxylic acids is 1. The summed E-state index contributed by atoms with van der Waals surface area (Å²) in [6.07, 6.45) is 6.41. The van der Waals surface area contributed by atoms with Crippen LogP contribution in [0.15, 0.2) is 23.1 Å². The smallest absolute Gasteiger partial charge is 0.341 e. The average molecular weight is 428 g/mol. The van der Waals surface area contributed by atoms with Crippen LogP contribution in [0.25, 0.3) is 10.9 Å². The highest BCUT2D eigenvalue weighted by Gasteiger charge is 2.51. The Morgan fingerprint density at radius 1 is 1.29 bits per heavy atom. The largest absolute Gasteiger partial charge is 0.494 e. The summed E-state index contributed by atoms with van der Waals surface area (Å²) >= 11 is 0. The number of benzene rings is 1. The number of fused-ring (bicyclic) bond motifs is 1. The van der Waals surface area contributed by atoms with Crippen molar-refractivity contribution in [2.24, 2.45) is 0 Å². The minimum absolute atomic E-state index is 0.0162. The van der Waals surface area contributed by atoms with Crippen LogP contribution in [0.5, 0.6) is 5.75 Å². The molecule has 1 aromatic heterocycles. The molecule has 0 bridgehead atoms. The molecule has 0 spiro atoms. The zero-order chi connectivity index (χ0) is 22.6. The average Bonchev–Trinajstić information content (AvgIpc) is 3.54. The maximum atomic E-state index is 13.0. The van der Waals surface area contributed by atoms with Crippen molar-refractivity contribution in [1.29, 1.82) is 0 Å². The minimum Gasteiger partial charge on any atom is -0.494 e. The molecule has 1 aromatic carbocycles. The number of pyridine rings is 1. The summed E-state index contributed by atoms with van der Waals surface area (Å²) in [7, 11) is 3.61. The lowest BCUT2D eigenvalue weighted by Gasteiger charge is -2.45. The first-order chi connectivity index (χ1) is 14.7. The molecule has 2 aliphatic rings. The zero-order valence-corrected chi connectivity index (χ0v) is 19.1. The molecule has 0 amide bonds. The maximum Gasteiger partial charge on any atom is 0.341 e. The molecule has 1 saturated heterocycles. The summed E-state index contributed by atoms with van der Waals surface area (Å²) in [5, 5.41) is 13.3. The van der Waals surface area contributed by atoms with Crippen LogP contribution in [0, 0.1) is 0 Å². The molecule has 7 heteroatoms. The molecule has 168 valence electrons. The van der Waals surface area contributed by atoms with Crippen LogP contribution in [0.4, 0.5) is 0 Å². The predicted molar refractivity (Wildman–Crippen MR) is 121 cm³/mol. The quantitative estimate of drug-likeness (QED) is 0.701. The molecule has 7 nitrogen and oxygen atoms in total. The Hall–Kier alpha value is -2.38. The molecule has 1 atom stereocenters. The second-order valence-corrected chi connectivity index (χ2v) is 9.50. The van der Waals surface area contributed by atoms with Crippen LogP contribution >= 0.6 is 0 Å². The van der Waals surface area contributed by atoms with Gasteiger partial charge in [-0.2, -0.15) is 0 Å². The van der Waals surface area contributed by atoms with Gasteiger partial charge in [0.25, 0.3) is 0 Å². The summed E-state index contributed by atoms with van der Waals surface area (Å²) in [4.78, 5) is 27.2. The van der Waals surface area contributed by atoms with Crippen molar-refractivity contribution in [2.45, 2.75) is 70.0 Å². The number of nitrogens with zero attached hydrogens (tertiary/aromatic N) is 2. The molecule has 0 radical (unpaired) electrons. The number of rotatable bonds is 7. The van der Waals surface area contributed by atoms with Gasteiger partial charge in [0.05, 0.1) is 23.6 Å². The molecular weight excluding hydrogens is 394 g/mol. The molecule has 1 saturated carbocycles. The number of aromatic carboxylic acids is 1. The number of hydrogen-bond acceptors (Lipinski definition) is 5. The van der Waals surface area contributed by atoms with E-state index in [0.29, 0.717) is 11.1 Å². The van der Waals surface area contributed by atoms with Gasteiger partial charge < -0.3 is 19.7 Å². The van der Waals surface area contributed by atoms with E-state index >= 15 is 0 Å². The Morgan fingerprint density at radius 3 is 2.55 bits per heavy atom. The van der Waals surface area contributed by atoms with E-state index in [-0.39, 0.29) is 22.7 Å². The molecule has 2 N–H and O–H groups in total. The first-order valence-corrected chi connectivity index (χ1v) is 11.1. The van der Waals surface area contributed by atoms with E-state index in [1.807, 2.05) is 17.7 Å². The van der Waals surface area contributed by atoms with Gasteiger partial charge in [0.15, 0.2) is 0 Å². The SMILES string of the molecule is CCC1(c2ccc3c(=O)c(C(=O)O)cn(C4CC4)c3c2OC)CCC(C)(C)N1CNC. The van der Waals surface area contributed by atoms with E-state index in [2.05, 4.69) is 31.0 Å². The minimum atomic E-state index is -1.19. The van der Waals surface area contributed by atoms with Gasteiger partial charge in [-0.05, 0) is 59.1 Å². The van der Waals surface area contributed by atoms with Gasteiger partial charge >= 0.3 is 5.97 Å². The number of carbonyl (C=O) groups is 1. The fourth-order valence-corrected chi connectivity index (χ4v) is 5.51. The maximum absolute atomic E-state index is 13.0. The van der Waals surface area contributed by atoms with E-state index in [9.17, 15) is 14.7 Å². The van der Waals surface area contributed by atoms with Gasteiger partial charge in [-0.3, -0.25) is 9.69 Å². The Bertz CT molecular complexity index is 1090. The Balaban J connectivity index is 2.04. The van der Waals surface area contributed by atoms with Crippen molar-refractivity contribution in [3.8, 4) is 5.75 Å². The second-order valence-electron chi connectivity index (χ2n) is 9.50. The first-order valence-electron chi connectivity index (χ1n) is 11.1. The van der Waals surface area contributed by atoms with Crippen LogP contribution in [0.3, 0.4) is 0 Å². The highest BCUT2D eigenvalue weighted by atomic mass is 16.5. The van der Waals surface area contributed by atoms with E-state index in [1.165, 1.54) is 6.20 Å².